The van der Waals surface area contributed by atoms with Crippen molar-refractivity contribution in [2.24, 2.45) is 0 Å². The van der Waals surface area contributed by atoms with Crippen LogP contribution >= 0.6 is 11.3 Å². The second-order valence-corrected chi connectivity index (χ2v) is 4.61. The second kappa shape index (κ2) is 3.50. The third-order valence-electron chi connectivity index (χ3n) is 2.06. The Balaban J connectivity index is 3.00. The van der Waals surface area contributed by atoms with Crippen LogP contribution in [0.2, 0.25) is 0 Å². The van der Waals surface area contributed by atoms with Gasteiger partial charge in [0.2, 0.25) is 0 Å². The molecule has 2 nitrogen and oxygen atoms in total. The quantitative estimate of drug-likeness (QED) is 0.808. The molecule has 0 aliphatic heterocycles. The van der Waals surface area contributed by atoms with Crippen molar-refractivity contribution >= 4 is 17.3 Å². The number of rotatable bonds is 3. The molecular weight excluding hydrogens is 184 g/mol. The Hall–Kier alpha value is -0.830. The molecule has 0 aromatic carbocycles. The first-order valence-corrected chi connectivity index (χ1v) is 4.92. The van der Waals surface area contributed by atoms with Gasteiger partial charge in [0.05, 0.1) is 5.41 Å². The molecule has 1 heterocycles. The van der Waals surface area contributed by atoms with Crippen molar-refractivity contribution in [3.63, 3.8) is 0 Å². The van der Waals surface area contributed by atoms with Crippen LogP contribution in [0.5, 0.6) is 0 Å². The third kappa shape index (κ3) is 1.91. The fourth-order valence-corrected chi connectivity index (χ4v) is 1.95. The smallest absolute Gasteiger partial charge is 0.314 e. The van der Waals surface area contributed by atoms with E-state index in [0.29, 0.717) is 0 Å². The first kappa shape index (κ1) is 10.3. The van der Waals surface area contributed by atoms with Gasteiger partial charge in [-0.3, -0.25) is 4.79 Å². The van der Waals surface area contributed by atoms with E-state index in [1.807, 2.05) is 12.1 Å². The van der Waals surface area contributed by atoms with Crippen molar-refractivity contribution in [2.45, 2.75) is 25.7 Å². The van der Waals surface area contributed by atoms with E-state index in [2.05, 4.69) is 6.92 Å². The highest BCUT2D eigenvalue weighted by Gasteiger charge is 2.30. The molecule has 0 saturated carbocycles. The van der Waals surface area contributed by atoms with Gasteiger partial charge in [0.25, 0.3) is 0 Å². The Labute approximate surface area is 82.2 Å². The Bertz CT molecular complexity index is 312. The fourth-order valence-electron chi connectivity index (χ4n) is 0.954. The maximum Gasteiger partial charge on any atom is 0.314 e. The Morgan fingerprint density at radius 2 is 2.23 bits per heavy atom. The van der Waals surface area contributed by atoms with Crippen LogP contribution in [0.15, 0.2) is 12.1 Å². The molecule has 0 fully saturated rings. The highest BCUT2D eigenvalue weighted by Crippen LogP contribution is 2.30. The van der Waals surface area contributed by atoms with E-state index in [0.717, 1.165) is 16.2 Å². The van der Waals surface area contributed by atoms with Crippen LogP contribution in [0.4, 0.5) is 0 Å². The van der Waals surface area contributed by atoms with E-state index in [9.17, 15) is 4.79 Å². The molecule has 1 aromatic heterocycles. The topological polar surface area (TPSA) is 37.3 Å². The maximum absolute atomic E-state index is 10.9. The van der Waals surface area contributed by atoms with E-state index in [-0.39, 0.29) is 0 Å². The molecule has 1 radical (unpaired) electrons. The van der Waals surface area contributed by atoms with E-state index in [1.54, 1.807) is 13.8 Å². The molecule has 0 amide bonds. The number of thiophene rings is 1. The van der Waals surface area contributed by atoms with Gasteiger partial charge >= 0.3 is 5.97 Å². The van der Waals surface area contributed by atoms with Gasteiger partial charge in [0, 0.05) is 9.75 Å². The molecule has 1 rings (SSSR count). The van der Waals surface area contributed by atoms with Gasteiger partial charge < -0.3 is 5.11 Å². The zero-order valence-corrected chi connectivity index (χ0v) is 8.65. The molecule has 0 saturated heterocycles. The molecule has 0 aliphatic carbocycles. The summed E-state index contributed by atoms with van der Waals surface area (Å²) in [5.41, 5.74) is -0.780. The monoisotopic (exact) mass is 197 g/mol. The predicted octanol–water partition coefficient (Wildman–Crippen LogP) is 2.49. The molecule has 0 spiro atoms. The summed E-state index contributed by atoms with van der Waals surface area (Å²) in [6.07, 6.45) is 0.723. The minimum Gasteiger partial charge on any atom is -0.481 e. The highest BCUT2D eigenvalue weighted by molar-refractivity contribution is 7.12. The van der Waals surface area contributed by atoms with Gasteiger partial charge in [0.1, 0.15) is 0 Å². The van der Waals surface area contributed by atoms with Gasteiger partial charge in [-0.1, -0.05) is 0 Å². The summed E-state index contributed by atoms with van der Waals surface area (Å²) in [5, 5.41) is 8.97. The summed E-state index contributed by atoms with van der Waals surface area (Å²) in [7, 11) is 0. The average Bonchev–Trinajstić information content (AvgIpc) is 2.51. The Kier molecular flexibility index (Phi) is 2.76. The molecule has 13 heavy (non-hydrogen) atoms. The van der Waals surface area contributed by atoms with Gasteiger partial charge in [-0.2, -0.15) is 0 Å². The van der Waals surface area contributed by atoms with Crippen molar-refractivity contribution in [3.8, 4) is 0 Å². The predicted molar refractivity (Wildman–Crippen MR) is 54.0 cm³/mol. The minimum absolute atomic E-state index is 0.723. The van der Waals surface area contributed by atoms with Gasteiger partial charge in [-0.25, -0.2) is 0 Å². The molecule has 1 N–H and O–H groups in total. The van der Waals surface area contributed by atoms with Gasteiger partial charge in [0.15, 0.2) is 0 Å². The third-order valence-corrected chi connectivity index (χ3v) is 3.53. The molecule has 0 atom stereocenters. The average molecular weight is 197 g/mol. The normalized spacial score (nSPS) is 11.6. The zero-order chi connectivity index (χ0) is 10.1. The minimum atomic E-state index is -0.787. The number of hydrogen-bond donors (Lipinski definition) is 1. The summed E-state index contributed by atoms with van der Waals surface area (Å²) in [5.74, 6) is -0.787. The van der Waals surface area contributed by atoms with Crippen molar-refractivity contribution < 1.29 is 9.90 Å². The van der Waals surface area contributed by atoms with Crippen molar-refractivity contribution in [1.82, 2.24) is 0 Å². The lowest BCUT2D eigenvalue weighted by Gasteiger charge is -2.16. The first-order valence-electron chi connectivity index (χ1n) is 4.10. The lowest BCUT2D eigenvalue weighted by Crippen LogP contribution is -2.27. The summed E-state index contributed by atoms with van der Waals surface area (Å²) < 4.78 is 0. The standard InChI is InChI=1S/C10H13O2S/c1-4-7-5-6-8(13-7)10(2,3)9(11)12/h5-6H,1,4H2,2-3H3,(H,11,12). The SMILES string of the molecule is [CH2]Cc1ccc(C(C)(C)C(=O)O)s1. The number of carboxylic acids is 1. The van der Waals surface area contributed by atoms with Crippen LogP contribution < -0.4 is 0 Å². The number of aliphatic carboxylic acids is 1. The summed E-state index contributed by atoms with van der Waals surface area (Å²) in [4.78, 5) is 12.9. The van der Waals surface area contributed by atoms with E-state index < -0.39 is 11.4 Å². The number of carboxylic acid groups (broad SMARTS) is 1. The van der Waals surface area contributed by atoms with Crippen molar-refractivity contribution in [2.75, 3.05) is 0 Å². The molecule has 71 valence electrons. The molecule has 3 heteroatoms. The van der Waals surface area contributed by atoms with E-state index >= 15 is 0 Å². The second-order valence-electron chi connectivity index (χ2n) is 3.45. The summed E-state index contributed by atoms with van der Waals surface area (Å²) >= 11 is 1.52. The first-order chi connectivity index (χ1) is 5.98. The maximum atomic E-state index is 10.9. The van der Waals surface area contributed by atoms with Crippen LogP contribution in [0.3, 0.4) is 0 Å². The van der Waals surface area contributed by atoms with Gasteiger partial charge in [-0.05, 0) is 39.3 Å². The van der Waals surface area contributed by atoms with Crippen LogP contribution in [-0.4, -0.2) is 11.1 Å². The van der Waals surface area contributed by atoms with E-state index in [4.69, 9.17) is 5.11 Å². The van der Waals surface area contributed by atoms with Gasteiger partial charge in [-0.15, -0.1) is 11.3 Å². The Morgan fingerprint density at radius 1 is 1.62 bits per heavy atom. The van der Waals surface area contributed by atoms with E-state index in [1.165, 1.54) is 11.3 Å². The summed E-state index contributed by atoms with van der Waals surface area (Å²) in [6.45, 7) is 7.19. The lowest BCUT2D eigenvalue weighted by molar-refractivity contribution is -0.142. The molecular formula is C10H13O2S. The van der Waals surface area contributed by atoms with Crippen LogP contribution in [0.25, 0.3) is 0 Å². The number of hydrogen-bond acceptors (Lipinski definition) is 2. The number of carbonyl (C=O) groups is 1. The largest absolute Gasteiger partial charge is 0.481 e. The highest BCUT2D eigenvalue weighted by atomic mass is 32.1. The fraction of sp³-hybridized carbons (Fsp3) is 0.400. The van der Waals surface area contributed by atoms with Crippen LogP contribution in [0.1, 0.15) is 23.6 Å². The lowest BCUT2D eigenvalue weighted by atomic mass is 9.92. The zero-order valence-electron chi connectivity index (χ0n) is 7.83. The summed E-state index contributed by atoms with van der Waals surface area (Å²) in [6, 6.07) is 3.82. The van der Waals surface area contributed by atoms with Crippen molar-refractivity contribution in [3.05, 3.63) is 28.8 Å². The van der Waals surface area contributed by atoms with Crippen LogP contribution in [-0.2, 0) is 16.6 Å². The Morgan fingerprint density at radius 3 is 2.62 bits per heavy atom. The molecule has 1 aromatic rings. The van der Waals surface area contributed by atoms with Crippen molar-refractivity contribution in [1.29, 1.82) is 0 Å². The van der Waals surface area contributed by atoms with Crippen LogP contribution in [0, 0.1) is 6.92 Å². The molecule has 0 bridgehead atoms. The molecule has 0 aliphatic rings. The molecule has 0 unspecified atom stereocenters.